The van der Waals surface area contributed by atoms with Crippen LogP contribution in [-0.2, 0) is 0 Å². The van der Waals surface area contributed by atoms with E-state index in [1.54, 1.807) is 23.1 Å². The molecule has 0 atom stereocenters. The molecule has 0 aliphatic carbocycles. The van der Waals surface area contributed by atoms with Gasteiger partial charge in [-0.05, 0) is 5.92 Å². The molecule has 0 bridgehead atoms. The summed E-state index contributed by atoms with van der Waals surface area (Å²) < 4.78 is 1.66. The molecule has 2 aromatic heterocycles. The molecule has 4 heteroatoms. The SMILES string of the molecule is CC(C)C.c1cn2ncnc2cn1. The molecule has 0 aliphatic rings. The zero-order chi connectivity index (χ0) is 9.68. The summed E-state index contributed by atoms with van der Waals surface area (Å²) in [6.45, 7) is 6.50. The second kappa shape index (κ2) is 4.54. The minimum absolute atomic E-state index is 0.775. The van der Waals surface area contributed by atoms with Crippen molar-refractivity contribution in [2.75, 3.05) is 0 Å². The molecule has 0 N–H and O–H groups in total. The lowest BCUT2D eigenvalue weighted by atomic mass is 10.3. The summed E-state index contributed by atoms with van der Waals surface area (Å²) in [6.07, 6.45) is 6.58. The number of rotatable bonds is 0. The van der Waals surface area contributed by atoms with Crippen LogP contribution in [0.2, 0.25) is 0 Å². The van der Waals surface area contributed by atoms with E-state index in [1.165, 1.54) is 6.33 Å². The lowest BCUT2D eigenvalue weighted by Crippen LogP contribution is -1.84. The topological polar surface area (TPSA) is 43.1 Å². The predicted octanol–water partition coefficient (Wildman–Crippen LogP) is 1.79. The Balaban J connectivity index is 0.000000184. The summed E-state index contributed by atoms with van der Waals surface area (Å²) in [5.74, 6) is 0.833. The average Bonchev–Trinajstić information content (AvgIpc) is 2.49. The third-order valence-electron chi connectivity index (χ3n) is 1.08. The van der Waals surface area contributed by atoms with Crippen LogP contribution in [-0.4, -0.2) is 19.6 Å². The van der Waals surface area contributed by atoms with E-state index in [4.69, 9.17) is 0 Å². The number of hydrogen-bond donors (Lipinski definition) is 0. The first kappa shape index (κ1) is 9.64. The van der Waals surface area contributed by atoms with Gasteiger partial charge in [-0.3, -0.25) is 4.98 Å². The fourth-order valence-corrected chi connectivity index (χ4v) is 0.678. The maximum atomic E-state index is 3.91. The number of nitrogens with zero attached hydrogens (tertiary/aromatic N) is 4. The monoisotopic (exact) mass is 178 g/mol. The zero-order valence-electron chi connectivity index (χ0n) is 8.18. The van der Waals surface area contributed by atoms with Crippen molar-refractivity contribution in [3.05, 3.63) is 24.9 Å². The largest absolute Gasteiger partial charge is 0.259 e. The summed E-state index contributed by atoms with van der Waals surface area (Å²) in [6, 6.07) is 0. The molecule has 70 valence electrons. The highest BCUT2D eigenvalue weighted by Crippen LogP contribution is 1.90. The smallest absolute Gasteiger partial charge is 0.173 e. The van der Waals surface area contributed by atoms with Gasteiger partial charge in [-0.25, -0.2) is 9.50 Å². The Labute approximate surface area is 77.6 Å². The van der Waals surface area contributed by atoms with Gasteiger partial charge in [0.05, 0.1) is 6.20 Å². The maximum Gasteiger partial charge on any atom is 0.173 e. The van der Waals surface area contributed by atoms with Crippen LogP contribution in [0.25, 0.3) is 5.65 Å². The van der Waals surface area contributed by atoms with Crippen LogP contribution in [0.3, 0.4) is 0 Å². The minimum atomic E-state index is 0.775. The molecule has 0 amide bonds. The van der Waals surface area contributed by atoms with Crippen molar-refractivity contribution in [1.82, 2.24) is 19.6 Å². The van der Waals surface area contributed by atoms with Crippen LogP contribution in [0, 0.1) is 5.92 Å². The van der Waals surface area contributed by atoms with Gasteiger partial charge >= 0.3 is 0 Å². The molecule has 0 radical (unpaired) electrons. The van der Waals surface area contributed by atoms with Gasteiger partial charge in [0.25, 0.3) is 0 Å². The van der Waals surface area contributed by atoms with Crippen molar-refractivity contribution in [2.45, 2.75) is 20.8 Å². The van der Waals surface area contributed by atoms with Gasteiger partial charge in [-0.2, -0.15) is 5.10 Å². The Kier molecular flexibility index (Phi) is 3.37. The molecule has 2 heterocycles. The van der Waals surface area contributed by atoms with Gasteiger partial charge < -0.3 is 0 Å². The van der Waals surface area contributed by atoms with E-state index in [1.807, 2.05) is 0 Å². The van der Waals surface area contributed by atoms with Crippen LogP contribution in [0.5, 0.6) is 0 Å². The highest BCUT2D eigenvalue weighted by atomic mass is 15.3. The third-order valence-corrected chi connectivity index (χ3v) is 1.08. The van der Waals surface area contributed by atoms with E-state index in [2.05, 4.69) is 35.8 Å². The second-order valence-corrected chi connectivity index (χ2v) is 3.37. The van der Waals surface area contributed by atoms with Crippen LogP contribution < -0.4 is 0 Å². The fraction of sp³-hybridized carbons (Fsp3) is 0.444. The predicted molar refractivity (Wildman–Crippen MR) is 51.3 cm³/mol. The molecule has 2 aromatic rings. The summed E-state index contributed by atoms with van der Waals surface area (Å²) in [5.41, 5.74) is 0.775. The Morgan fingerprint density at radius 3 is 2.62 bits per heavy atom. The Hall–Kier alpha value is -1.45. The van der Waals surface area contributed by atoms with E-state index in [9.17, 15) is 0 Å². The Bertz CT molecular complexity index is 320. The second-order valence-electron chi connectivity index (χ2n) is 3.37. The summed E-state index contributed by atoms with van der Waals surface area (Å²) in [7, 11) is 0. The molecule has 0 saturated heterocycles. The molecule has 0 fully saturated rings. The summed E-state index contributed by atoms with van der Waals surface area (Å²) >= 11 is 0. The van der Waals surface area contributed by atoms with E-state index in [-0.39, 0.29) is 0 Å². The molecular formula is C9H14N4. The van der Waals surface area contributed by atoms with Gasteiger partial charge in [0.1, 0.15) is 6.33 Å². The fourth-order valence-electron chi connectivity index (χ4n) is 0.678. The van der Waals surface area contributed by atoms with Crippen LogP contribution in [0.15, 0.2) is 24.9 Å². The molecule has 0 aliphatic heterocycles. The minimum Gasteiger partial charge on any atom is -0.259 e. The van der Waals surface area contributed by atoms with Crippen molar-refractivity contribution in [3.8, 4) is 0 Å². The summed E-state index contributed by atoms with van der Waals surface area (Å²) in [4.78, 5) is 7.77. The van der Waals surface area contributed by atoms with Crippen molar-refractivity contribution in [1.29, 1.82) is 0 Å². The van der Waals surface area contributed by atoms with Crippen molar-refractivity contribution in [2.24, 2.45) is 5.92 Å². The quantitative estimate of drug-likeness (QED) is 0.617. The third kappa shape index (κ3) is 3.19. The first-order chi connectivity index (χ1) is 6.20. The van der Waals surface area contributed by atoms with Gasteiger partial charge in [0.2, 0.25) is 0 Å². The zero-order valence-corrected chi connectivity index (χ0v) is 8.18. The van der Waals surface area contributed by atoms with Gasteiger partial charge in [-0.15, -0.1) is 0 Å². The van der Waals surface area contributed by atoms with E-state index >= 15 is 0 Å². The summed E-state index contributed by atoms with van der Waals surface area (Å²) in [5, 5.41) is 3.88. The highest BCUT2D eigenvalue weighted by molar-refractivity contribution is 5.30. The Morgan fingerprint density at radius 2 is 2.00 bits per heavy atom. The average molecular weight is 178 g/mol. The van der Waals surface area contributed by atoms with Crippen LogP contribution in [0.1, 0.15) is 20.8 Å². The molecular weight excluding hydrogens is 164 g/mol. The first-order valence-corrected chi connectivity index (χ1v) is 4.29. The molecule has 0 unspecified atom stereocenters. The van der Waals surface area contributed by atoms with Crippen molar-refractivity contribution < 1.29 is 0 Å². The lowest BCUT2D eigenvalue weighted by molar-refractivity contribution is 0.737. The molecule has 0 aromatic carbocycles. The number of fused-ring (bicyclic) bond motifs is 1. The molecule has 2 rings (SSSR count). The molecule has 4 nitrogen and oxygen atoms in total. The standard InChI is InChI=1S/C5H4N4.C4H10/c1-2-9-5(3-6-1)7-4-8-9;1-4(2)3/h1-4H;4H,1-3H3. The van der Waals surface area contributed by atoms with Crippen LogP contribution in [0.4, 0.5) is 0 Å². The van der Waals surface area contributed by atoms with Gasteiger partial charge in [-0.1, -0.05) is 20.8 Å². The molecule has 0 saturated carbocycles. The Morgan fingerprint density at radius 1 is 1.31 bits per heavy atom. The van der Waals surface area contributed by atoms with Crippen LogP contribution >= 0.6 is 0 Å². The van der Waals surface area contributed by atoms with E-state index in [0.29, 0.717) is 0 Å². The number of aromatic nitrogens is 4. The number of hydrogen-bond acceptors (Lipinski definition) is 3. The van der Waals surface area contributed by atoms with Gasteiger partial charge in [0.15, 0.2) is 5.65 Å². The normalized spacial score (nSPS) is 9.85. The molecule has 13 heavy (non-hydrogen) atoms. The van der Waals surface area contributed by atoms with Gasteiger partial charge in [0, 0.05) is 12.4 Å². The van der Waals surface area contributed by atoms with Crippen molar-refractivity contribution >= 4 is 5.65 Å². The lowest BCUT2D eigenvalue weighted by Gasteiger charge is -1.84. The van der Waals surface area contributed by atoms with E-state index < -0.39 is 0 Å². The first-order valence-electron chi connectivity index (χ1n) is 4.29. The van der Waals surface area contributed by atoms with E-state index in [0.717, 1.165) is 11.6 Å². The maximum absolute atomic E-state index is 3.91. The highest BCUT2D eigenvalue weighted by Gasteiger charge is 1.88. The molecule has 0 spiro atoms. The van der Waals surface area contributed by atoms with Crippen molar-refractivity contribution in [3.63, 3.8) is 0 Å².